The average molecular weight is 244 g/mol. The van der Waals surface area contributed by atoms with Gasteiger partial charge in [-0.3, -0.25) is 4.79 Å². The first-order valence-corrected chi connectivity index (χ1v) is 6.24. The minimum atomic E-state index is -0.732. The third-order valence-corrected chi connectivity index (χ3v) is 4.12. The van der Waals surface area contributed by atoms with Crippen LogP contribution in [0.25, 0.3) is 11.0 Å². The molecule has 0 spiro atoms. The molecule has 0 amide bonds. The first-order chi connectivity index (χ1) is 8.53. The standard InChI is InChI=1S/C15H16O3/c1-9-10(2)18-14-11(9)4-3-5-12(14)15(6-7-15)8-13(16)17/h3-5H,6-8H2,1-2H3,(H,16,17). The molecule has 3 heteroatoms. The van der Waals surface area contributed by atoms with Crippen LogP contribution in [-0.2, 0) is 10.2 Å². The van der Waals surface area contributed by atoms with E-state index in [1.54, 1.807) is 0 Å². The number of carboxylic acids is 1. The first-order valence-electron chi connectivity index (χ1n) is 6.24. The summed E-state index contributed by atoms with van der Waals surface area (Å²) in [4.78, 5) is 11.0. The molecule has 1 fully saturated rings. The second-order valence-electron chi connectivity index (χ2n) is 5.32. The highest BCUT2D eigenvalue weighted by Crippen LogP contribution is 2.53. The number of hydrogen-bond acceptors (Lipinski definition) is 2. The minimum Gasteiger partial charge on any atom is -0.481 e. The molecular formula is C15H16O3. The van der Waals surface area contributed by atoms with E-state index in [0.717, 1.165) is 40.7 Å². The smallest absolute Gasteiger partial charge is 0.304 e. The Bertz CT molecular complexity index is 632. The number of rotatable bonds is 3. The maximum Gasteiger partial charge on any atom is 0.304 e. The van der Waals surface area contributed by atoms with Crippen LogP contribution in [0.15, 0.2) is 22.6 Å². The zero-order valence-corrected chi connectivity index (χ0v) is 10.6. The summed E-state index contributed by atoms with van der Waals surface area (Å²) < 4.78 is 5.84. The molecule has 1 heterocycles. The van der Waals surface area contributed by atoms with E-state index in [9.17, 15) is 4.79 Å². The van der Waals surface area contributed by atoms with Crippen molar-refractivity contribution in [3.63, 3.8) is 0 Å². The number of carboxylic acid groups (broad SMARTS) is 1. The maximum atomic E-state index is 11.0. The van der Waals surface area contributed by atoms with Crippen molar-refractivity contribution in [1.82, 2.24) is 0 Å². The Morgan fingerprint density at radius 2 is 2.11 bits per heavy atom. The molecule has 0 atom stereocenters. The molecule has 1 aliphatic rings. The molecule has 0 radical (unpaired) electrons. The summed E-state index contributed by atoms with van der Waals surface area (Å²) in [5, 5.41) is 10.2. The lowest BCUT2D eigenvalue weighted by Crippen LogP contribution is -2.13. The van der Waals surface area contributed by atoms with Crippen molar-refractivity contribution < 1.29 is 14.3 Å². The number of aryl methyl sites for hydroxylation is 2. The molecular weight excluding hydrogens is 228 g/mol. The van der Waals surface area contributed by atoms with Gasteiger partial charge in [-0.2, -0.15) is 0 Å². The number of hydrogen-bond donors (Lipinski definition) is 1. The summed E-state index contributed by atoms with van der Waals surface area (Å²) in [6.07, 6.45) is 2.08. The van der Waals surface area contributed by atoms with Gasteiger partial charge in [0.05, 0.1) is 6.42 Å². The van der Waals surface area contributed by atoms with Crippen LogP contribution in [0.5, 0.6) is 0 Å². The molecule has 0 bridgehead atoms. The van der Waals surface area contributed by atoms with Crippen LogP contribution >= 0.6 is 0 Å². The lowest BCUT2D eigenvalue weighted by atomic mass is 9.91. The highest BCUT2D eigenvalue weighted by Gasteiger charge is 2.47. The van der Waals surface area contributed by atoms with Gasteiger partial charge in [-0.15, -0.1) is 0 Å². The van der Waals surface area contributed by atoms with Crippen molar-refractivity contribution in [2.45, 2.75) is 38.5 Å². The van der Waals surface area contributed by atoms with E-state index in [4.69, 9.17) is 9.52 Å². The van der Waals surface area contributed by atoms with E-state index in [1.807, 2.05) is 32.0 Å². The van der Waals surface area contributed by atoms with E-state index >= 15 is 0 Å². The summed E-state index contributed by atoms with van der Waals surface area (Å²) in [6, 6.07) is 6.06. The first kappa shape index (κ1) is 11.3. The van der Waals surface area contributed by atoms with Gasteiger partial charge in [0.15, 0.2) is 0 Å². The average Bonchev–Trinajstić information content (AvgIpc) is 3.01. The van der Waals surface area contributed by atoms with Crippen LogP contribution < -0.4 is 0 Å². The van der Waals surface area contributed by atoms with Gasteiger partial charge in [-0.25, -0.2) is 0 Å². The molecule has 1 N–H and O–H groups in total. The van der Waals surface area contributed by atoms with Gasteiger partial charge in [-0.05, 0) is 32.3 Å². The van der Waals surface area contributed by atoms with Gasteiger partial charge in [0.2, 0.25) is 0 Å². The molecule has 2 aromatic rings. The molecule has 1 aromatic heterocycles. The summed E-state index contributed by atoms with van der Waals surface area (Å²) in [7, 11) is 0. The van der Waals surface area contributed by atoms with Crippen molar-refractivity contribution in [3.8, 4) is 0 Å². The Balaban J connectivity index is 2.18. The zero-order valence-electron chi connectivity index (χ0n) is 10.6. The summed E-state index contributed by atoms with van der Waals surface area (Å²) in [5.41, 5.74) is 2.91. The number of furan rings is 1. The fraction of sp³-hybridized carbons (Fsp3) is 0.400. The zero-order chi connectivity index (χ0) is 12.9. The fourth-order valence-electron chi connectivity index (χ4n) is 2.76. The van der Waals surface area contributed by atoms with Gasteiger partial charge in [0.1, 0.15) is 11.3 Å². The van der Waals surface area contributed by atoms with Crippen LogP contribution in [0.1, 0.15) is 36.1 Å². The summed E-state index contributed by atoms with van der Waals surface area (Å²) in [5.74, 6) is 0.188. The van der Waals surface area contributed by atoms with Crippen molar-refractivity contribution in [2.75, 3.05) is 0 Å². The largest absolute Gasteiger partial charge is 0.481 e. The number of benzene rings is 1. The number of para-hydroxylation sites is 1. The van der Waals surface area contributed by atoms with Gasteiger partial charge >= 0.3 is 5.97 Å². The van der Waals surface area contributed by atoms with Crippen molar-refractivity contribution in [2.24, 2.45) is 0 Å². The van der Waals surface area contributed by atoms with Crippen molar-refractivity contribution >= 4 is 16.9 Å². The predicted molar refractivity (Wildman–Crippen MR) is 68.9 cm³/mol. The number of aliphatic carboxylic acids is 1. The molecule has 0 unspecified atom stereocenters. The lowest BCUT2D eigenvalue weighted by Gasteiger charge is -2.13. The molecule has 18 heavy (non-hydrogen) atoms. The van der Waals surface area contributed by atoms with Crippen LogP contribution in [0.3, 0.4) is 0 Å². The number of carbonyl (C=O) groups is 1. The van der Waals surface area contributed by atoms with E-state index in [2.05, 4.69) is 0 Å². The highest BCUT2D eigenvalue weighted by molar-refractivity contribution is 5.87. The Labute approximate surface area is 105 Å². The fourth-order valence-corrected chi connectivity index (χ4v) is 2.76. The quantitative estimate of drug-likeness (QED) is 0.898. The predicted octanol–water partition coefficient (Wildman–Crippen LogP) is 3.56. The Morgan fingerprint density at radius 1 is 1.39 bits per heavy atom. The highest BCUT2D eigenvalue weighted by atomic mass is 16.4. The van der Waals surface area contributed by atoms with E-state index in [-0.39, 0.29) is 11.8 Å². The summed E-state index contributed by atoms with van der Waals surface area (Å²) in [6.45, 7) is 4.00. The number of fused-ring (bicyclic) bond motifs is 1. The second-order valence-corrected chi connectivity index (χ2v) is 5.32. The Hall–Kier alpha value is -1.77. The van der Waals surface area contributed by atoms with E-state index < -0.39 is 5.97 Å². The van der Waals surface area contributed by atoms with Crippen molar-refractivity contribution in [3.05, 3.63) is 35.1 Å². The van der Waals surface area contributed by atoms with Gasteiger partial charge < -0.3 is 9.52 Å². The molecule has 3 nitrogen and oxygen atoms in total. The topological polar surface area (TPSA) is 50.4 Å². The monoisotopic (exact) mass is 244 g/mol. The molecule has 94 valence electrons. The molecule has 0 saturated heterocycles. The minimum absolute atomic E-state index is 0.192. The normalized spacial score (nSPS) is 17.0. The third-order valence-electron chi connectivity index (χ3n) is 4.12. The van der Waals surface area contributed by atoms with Crippen molar-refractivity contribution in [1.29, 1.82) is 0 Å². The molecule has 0 aliphatic heterocycles. The SMILES string of the molecule is Cc1oc2c(C3(CC(=O)O)CC3)cccc2c1C. The lowest BCUT2D eigenvalue weighted by molar-refractivity contribution is -0.137. The van der Waals surface area contributed by atoms with Gasteiger partial charge in [0.25, 0.3) is 0 Å². The Kier molecular flexibility index (Phi) is 2.27. The molecule has 1 aromatic carbocycles. The second kappa shape index (κ2) is 3.61. The molecule has 1 aliphatic carbocycles. The van der Waals surface area contributed by atoms with Crippen LogP contribution in [0.4, 0.5) is 0 Å². The molecule has 3 rings (SSSR count). The van der Waals surface area contributed by atoms with Crippen LogP contribution in [0.2, 0.25) is 0 Å². The maximum absolute atomic E-state index is 11.0. The Morgan fingerprint density at radius 3 is 2.72 bits per heavy atom. The van der Waals surface area contributed by atoms with Gasteiger partial charge in [0, 0.05) is 16.4 Å². The van der Waals surface area contributed by atoms with E-state index in [0.29, 0.717) is 0 Å². The third kappa shape index (κ3) is 1.54. The van der Waals surface area contributed by atoms with Crippen LogP contribution in [0, 0.1) is 13.8 Å². The molecule has 1 saturated carbocycles. The summed E-state index contributed by atoms with van der Waals surface area (Å²) >= 11 is 0. The van der Waals surface area contributed by atoms with Gasteiger partial charge in [-0.1, -0.05) is 18.2 Å². The van der Waals surface area contributed by atoms with E-state index in [1.165, 1.54) is 0 Å². The van der Waals surface area contributed by atoms with Crippen LogP contribution in [-0.4, -0.2) is 11.1 Å².